The van der Waals surface area contributed by atoms with Crippen LogP contribution in [0, 0.1) is 11.7 Å². The minimum Gasteiger partial charge on any atom is -0.391 e. The number of aliphatic hydroxyl groups is 1. The molecule has 7 heteroatoms. The second kappa shape index (κ2) is 5.64. The van der Waals surface area contributed by atoms with Crippen LogP contribution in [0.25, 0.3) is 0 Å². The average Bonchev–Trinajstić information content (AvgIpc) is 3.10. The number of halogens is 5. The molecule has 0 spiro atoms. The Morgan fingerprint density at radius 2 is 1.84 bits per heavy atom. The van der Waals surface area contributed by atoms with Crippen LogP contribution < -0.4 is 5.73 Å². The summed E-state index contributed by atoms with van der Waals surface area (Å²) in [5.41, 5.74) is 4.39. The van der Waals surface area contributed by atoms with Gasteiger partial charge in [0.1, 0.15) is 5.82 Å². The van der Waals surface area contributed by atoms with E-state index in [9.17, 15) is 22.7 Å². The van der Waals surface area contributed by atoms with Gasteiger partial charge in [0.15, 0.2) is 0 Å². The average molecular weight is 300 g/mol. The van der Waals surface area contributed by atoms with Crippen molar-refractivity contribution in [1.82, 2.24) is 0 Å². The first-order chi connectivity index (χ1) is 8.30. The molecule has 19 heavy (non-hydrogen) atoms. The third kappa shape index (κ3) is 3.58. The summed E-state index contributed by atoms with van der Waals surface area (Å²) >= 11 is 0. The summed E-state index contributed by atoms with van der Waals surface area (Å²) in [4.78, 5) is 0. The molecule has 1 aliphatic carbocycles. The Labute approximate surface area is 114 Å². The van der Waals surface area contributed by atoms with Crippen LogP contribution in [0.3, 0.4) is 0 Å². The summed E-state index contributed by atoms with van der Waals surface area (Å²) in [6.07, 6.45) is -4.00. The zero-order valence-corrected chi connectivity index (χ0v) is 10.6. The first kappa shape index (κ1) is 16.2. The van der Waals surface area contributed by atoms with Gasteiger partial charge in [-0.25, -0.2) is 4.39 Å². The van der Waals surface area contributed by atoms with Crippen LogP contribution in [-0.4, -0.2) is 11.2 Å². The fraction of sp³-hybridized carbons (Fsp3) is 0.500. The van der Waals surface area contributed by atoms with Gasteiger partial charge < -0.3 is 10.8 Å². The Hall–Kier alpha value is -0.850. The van der Waals surface area contributed by atoms with E-state index in [0.29, 0.717) is 12.1 Å². The second-order valence-electron chi connectivity index (χ2n) is 4.59. The highest BCUT2D eigenvalue weighted by Crippen LogP contribution is 2.38. The highest BCUT2D eigenvalue weighted by Gasteiger charge is 2.37. The van der Waals surface area contributed by atoms with Crippen LogP contribution in [0.2, 0.25) is 0 Å². The fourth-order valence-electron chi connectivity index (χ4n) is 1.89. The van der Waals surface area contributed by atoms with Crippen molar-refractivity contribution in [2.75, 3.05) is 0 Å². The molecule has 1 fully saturated rings. The molecule has 0 heterocycles. The number of nitrogens with two attached hydrogens (primary N) is 1. The summed E-state index contributed by atoms with van der Waals surface area (Å²) in [6.45, 7) is 0. The van der Waals surface area contributed by atoms with Gasteiger partial charge in [0.25, 0.3) is 0 Å². The molecular weight excluding hydrogens is 286 g/mol. The predicted octanol–water partition coefficient (Wildman–Crippen LogP) is 3.04. The standard InChI is InChI=1S/C12H13F4NO.ClH/c13-9-4-3-7(12(14,15)16)5-8(9)10(17)11(18)6-1-2-6;/h3-6,10-11,18H,1-2,17H2;1H/t10-,11+;/m1./s1. The molecule has 1 aliphatic rings. The van der Waals surface area contributed by atoms with Gasteiger partial charge in [-0.2, -0.15) is 13.2 Å². The lowest BCUT2D eigenvalue weighted by molar-refractivity contribution is -0.137. The van der Waals surface area contributed by atoms with E-state index in [1.54, 1.807) is 0 Å². The first-order valence-corrected chi connectivity index (χ1v) is 5.61. The van der Waals surface area contributed by atoms with Gasteiger partial charge in [-0.05, 0) is 37.0 Å². The van der Waals surface area contributed by atoms with Crippen LogP contribution in [0.15, 0.2) is 18.2 Å². The van der Waals surface area contributed by atoms with Crippen molar-refractivity contribution in [3.63, 3.8) is 0 Å². The molecule has 0 aliphatic heterocycles. The molecule has 0 unspecified atom stereocenters. The van der Waals surface area contributed by atoms with E-state index < -0.39 is 29.7 Å². The Morgan fingerprint density at radius 3 is 2.32 bits per heavy atom. The van der Waals surface area contributed by atoms with Gasteiger partial charge >= 0.3 is 6.18 Å². The van der Waals surface area contributed by atoms with E-state index in [-0.39, 0.29) is 23.9 Å². The van der Waals surface area contributed by atoms with Crippen LogP contribution in [0.5, 0.6) is 0 Å². The molecular formula is C12H14ClF4NO. The van der Waals surface area contributed by atoms with E-state index in [0.717, 1.165) is 18.9 Å². The highest BCUT2D eigenvalue weighted by molar-refractivity contribution is 5.85. The van der Waals surface area contributed by atoms with E-state index >= 15 is 0 Å². The number of benzene rings is 1. The van der Waals surface area contributed by atoms with E-state index in [1.165, 1.54) is 0 Å². The van der Waals surface area contributed by atoms with Crippen LogP contribution in [0.1, 0.15) is 30.0 Å². The van der Waals surface area contributed by atoms with Crippen molar-refractivity contribution >= 4 is 12.4 Å². The van der Waals surface area contributed by atoms with Crippen molar-refractivity contribution < 1.29 is 22.7 Å². The van der Waals surface area contributed by atoms with Crippen LogP contribution >= 0.6 is 12.4 Å². The van der Waals surface area contributed by atoms with Crippen molar-refractivity contribution in [1.29, 1.82) is 0 Å². The Morgan fingerprint density at radius 1 is 1.26 bits per heavy atom. The smallest absolute Gasteiger partial charge is 0.391 e. The third-order valence-corrected chi connectivity index (χ3v) is 3.16. The summed E-state index contributed by atoms with van der Waals surface area (Å²) in [6, 6.07) is 0.943. The third-order valence-electron chi connectivity index (χ3n) is 3.16. The summed E-state index contributed by atoms with van der Waals surface area (Å²) in [5, 5.41) is 9.76. The number of alkyl halides is 3. The number of aliphatic hydroxyl groups excluding tert-OH is 1. The predicted molar refractivity (Wildman–Crippen MR) is 64.3 cm³/mol. The molecule has 2 rings (SSSR count). The minimum absolute atomic E-state index is 0. The number of hydrogen-bond donors (Lipinski definition) is 2. The summed E-state index contributed by atoms with van der Waals surface area (Å²) < 4.78 is 51.0. The van der Waals surface area contributed by atoms with Gasteiger partial charge in [0.2, 0.25) is 0 Å². The Balaban J connectivity index is 0.00000180. The molecule has 0 bridgehead atoms. The molecule has 1 saturated carbocycles. The molecule has 2 nitrogen and oxygen atoms in total. The van der Waals surface area contributed by atoms with Crippen LogP contribution in [-0.2, 0) is 6.18 Å². The zero-order valence-electron chi connectivity index (χ0n) is 9.82. The van der Waals surface area contributed by atoms with E-state index in [4.69, 9.17) is 5.73 Å². The molecule has 0 amide bonds. The number of rotatable bonds is 3. The lowest BCUT2D eigenvalue weighted by Crippen LogP contribution is -2.29. The Kier molecular flexibility index (Phi) is 4.81. The molecule has 0 aromatic heterocycles. The molecule has 108 valence electrons. The normalized spacial score (nSPS) is 18.6. The summed E-state index contributed by atoms with van der Waals surface area (Å²) in [7, 11) is 0. The SMILES string of the molecule is Cl.N[C@H](c1cc(C(F)(F)F)ccc1F)[C@@H](O)C1CC1. The van der Waals surface area contributed by atoms with E-state index in [1.807, 2.05) is 0 Å². The summed E-state index contributed by atoms with van der Waals surface area (Å²) in [5.74, 6) is -0.857. The maximum atomic E-state index is 13.5. The Bertz CT molecular complexity index is 448. The molecule has 1 aromatic rings. The molecule has 0 radical (unpaired) electrons. The lowest BCUT2D eigenvalue weighted by atomic mass is 9.97. The first-order valence-electron chi connectivity index (χ1n) is 5.61. The molecule has 1 aromatic carbocycles. The van der Waals surface area contributed by atoms with E-state index in [2.05, 4.69) is 0 Å². The molecule has 0 saturated heterocycles. The zero-order chi connectivity index (χ0) is 13.5. The van der Waals surface area contributed by atoms with Gasteiger partial charge in [0.05, 0.1) is 17.7 Å². The minimum atomic E-state index is -4.55. The molecule has 3 N–H and O–H groups in total. The monoisotopic (exact) mass is 299 g/mol. The largest absolute Gasteiger partial charge is 0.416 e. The van der Waals surface area contributed by atoms with Gasteiger partial charge in [-0.1, -0.05) is 0 Å². The van der Waals surface area contributed by atoms with Gasteiger partial charge in [-0.15, -0.1) is 12.4 Å². The van der Waals surface area contributed by atoms with Crippen molar-refractivity contribution in [3.05, 3.63) is 35.1 Å². The fourth-order valence-corrected chi connectivity index (χ4v) is 1.89. The van der Waals surface area contributed by atoms with Crippen molar-refractivity contribution in [2.45, 2.75) is 31.2 Å². The van der Waals surface area contributed by atoms with Gasteiger partial charge in [0, 0.05) is 5.56 Å². The quantitative estimate of drug-likeness (QED) is 0.843. The van der Waals surface area contributed by atoms with Gasteiger partial charge in [-0.3, -0.25) is 0 Å². The second-order valence-corrected chi connectivity index (χ2v) is 4.59. The van der Waals surface area contributed by atoms with Crippen LogP contribution in [0.4, 0.5) is 17.6 Å². The lowest BCUT2D eigenvalue weighted by Gasteiger charge is -2.20. The highest BCUT2D eigenvalue weighted by atomic mass is 35.5. The maximum absolute atomic E-state index is 13.5. The molecule has 2 atom stereocenters. The van der Waals surface area contributed by atoms with Crippen molar-refractivity contribution in [2.24, 2.45) is 11.7 Å². The number of hydrogen-bond acceptors (Lipinski definition) is 2. The topological polar surface area (TPSA) is 46.2 Å². The van der Waals surface area contributed by atoms with Crippen molar-refractivity contribution in [3.8, 4) is 0 Å². The maximum Gasteiger partial charge on any atom is 0.416 e.